The molecule has 5 rings (SSSR count). The maximum absolute atomic E-state index is 12.8. The summed E-state index contributed by atoms with van der Waals surface area (Å²) in [5, 5.41) is 18.6. The second kappa shape index (κ2) is 7.36. The van der Waals surface area contributed by atoms with E-state index in [-0.39, 0.29) is 11.9 Å². The molecule has 3 heterocycles. The van der Waals surface area contributed by atoms with Gasteiger partial charge in [0, 0.05) is 40.8 Å². The lowest BCUT2D eigenvalue weighted by Gasteiger charge is -2.28. The van der Waals surface area contributed by atoms with Crippen LogP contribution in [-0.2, 0) is 12.8 Å². The van der Waals surface area contributed by atoms with Crippen LogP contribution >= 0.6 is 0 Å². The molecule has 0 saturated carbocycles. The molecule has 0 atom stereocenters. The van der Waals surface area contributed by atoms with Crippen molar-refractivity contribution in [1.82, 2.24) is 20.1 Å². The number of aliphatic hydroxyl groups excluding tert-OH is 1. The van der Waals surface area contributed by atoms with Gasteiger partial charge in [-0.25, -0.2) is 0 Å². The van der Waals surface area contributed by atoms with E-state index >= 15 is 0 Å². The number of likely N-dealkylation sites (tertiary alicyclic amines) is 1. The van der Waals surface area contributed by atoms with Gasteiger partial charge in [0.25, 0.3) is 0 Å². The van der Waals surface area contributed by atoms with Crippen LogP contribution in [0.4, 0.5) is 0 Å². The number of piperidine rings is 1. The molecule has 1 saturated heterocycles. The zero-order valence-corrected chi connectivity index (χ0v) is 17.8. The first-order valence-electron chi connectivity index (χ1n) is 11.0. The number of carbonyl (C=O) groups excluding carboxylic acids is 1. The normalized spacial score (nSPS) is 19.8. The van der Waals surface area contributed by atoms with Crippen LogP contribution in [0, 0.1) is 5.41 Å². The Kier molecular flexibility index (Phi) is 4.79. The van der Waals surface area contributed by atoms with Gasteiger partial charge in [0.05, 0.1) is 18.3 Å². The van der Waals surface area contributed by atoms with E-state index in [4.69, 9.17) is 0 Å². The minimum atomic E-state index is -0.218. The first-order chi connectivity index (χ1) is 14.4. The average Bonchev–Trinajstić information content (AvgIpc) is 3.31. The van der Waals surface area contributed by atoms with Crippen molar-refractivity contribution in [2.45, 2.75) is 52.1 Å². The SMILES string of the molecule is CC1(C)CCc2c(-c3cc4cc(C(=O)CN5CCC(O)CC5)ccc4[nH]3)n[nH]c2C1. The van der Waals surface area contributed by atoms with Gasteiger partial charge in [-0.05, 0) is 61.8 Å². The van der Waals surface area contributed by atoms with E-state index in [9.17, 15) is 9.90 Å². The Bertz CT molecular complexity index is 1090. The molecule has 2 aromatic heterocycles. The third-order valence-corrected chi connectivity index (χ3v) is 6.78. The molecule has 1 aliphatic heterocycles. The first-order valence-corrected chi connectivity index (χ1v) is 11.0. The molecular formula is C24H30N4O2. The highest BCUT2D eigenvalue weighted by Crippen LogP contribution is 2.38. The van der Waals surface area contributed by atoms with Crippen molar-refractivity contribution in [2.75, 3.05) is 19.6 Å². The summed E-state index contributed by atoms with van der Waals surface area (Å²) in [4.78, 5) is 18.4. The largest absolute Gasteiger partial charge is 0.393 e. The predicted octanol–water partition coefficient (Wildman–Crippen LogP) is 3.71. The number of ketones is 1. The Hall–Kier alpha value is -2.44. The molecular weight excluding hydrogens is 376 g/mol. The fraction of sp³-hybridized carbons (Fsp3) is 0.500. The van der Waals surface area contributed by atoms with Gasteiger partial charge in [-0.1, -0.05) is 13.8 Å². The molecule has 158 valence electrons. The fourth-order valence-corrected chi connectivity index (χ4v) is 4.88. The lowest BCUT2D eigenvalue weighted by Crippen LogP contribution is -2.39. The lowest BCUT2D eigenvalue weighted by atomic mass is 9.76. The van der Waals surface area contributed by atoms with Crippen LogP contribution in [0.2, 0.25) is 0 Å². The van der Waals surface area contributed by atoms with Crippen LogP contribution in [0.15, 0.2) is 24.3 Å². The number of aromatic nitrogens is 3. The number of hydrogen-bond donors (Lipinski definition) is 3. The summed E-state index contributed by atoms with van der Waals surface area (Å²) in [6, 6.07) is 8.00. The highest BCUT2D eigenvalue weighted by atomic mass is 16.3. The van der Waals surface area contributed by atoms with Crippen molar-refractivity contribution in [1.29, 1.82) is 0 Å². The van der Waals surface area contributed by atoms with E-state index in [2.05, 4.69) is 40.0 Å². The molecule has 2 aliphatic rings. The summed E-state index contributed by atoms with van der Waals surface area (Å²) >= 11 is 0. The number of fused-ring (bicyclic) bond motifs is 2. The first kappa shape index (κ1) is 19.5. The fourth-order valence-electron chi connectivity index (χ4n) is 4.88. The average molecular weight is 407 g/mol. The Morgan fingerprint density at radius 3 is 2.87 bits per heavy atom. The quantitative estimate of drug-likeness (QED) is 0.577. The van der Waals surface area contributed by atoms with E-state index in [1.54, 1.807) is 0 Å². The summed E-state index contributed by atoms with van der Waals surface area (Å²) in [5.74, 6) is 0.135. The van der Waals surface area contributed by atoms with Gasteiger partial charge in [0.15, 0.2) is 5.78 Å². The molecule has 3 aromatic rings. The number of hydrogen-bond acceptors (Lipinski definition) is 4. The van der Waals surface area contributed by atoms with Gasteiger partial charge in [-0.3, -0.25) is 14.8 Å². The van der Waals surface area contributed by atoms with Crippen molar-refractivity contribution < 1.29 is 9.90 Å². The maximum Gasteiger partial charge on any atom is 0.176 e. The predicted molar refractivity (Wildman–Crippen MR) is 118 cm³/mol. The molecule has 0 spiro atoms. The lowest BCUT2D eigenvalue weighted by molar-refractivity contribution is 0.0711. The zero-order valence-electron chi connectivity index (χ0n) is 17.8. The zero-order chi connectivity index (χ0) is 20.9. The van der Waals surface area contributed by atoms with Crippen LogP contribution in [0.25, 0.3) is 22.3 Å². The summed E-state index contributed by atoms with van der Waals surface area (Å²) in [6.45, 7) is 6.60. The molecule has 0 unspecified atom stereocenters. The van der Waals surface area contributed by atoms with Crippen molar-refractivity contribution in [3.8, 4) is 11.4 Å². The summed E-state index contributed by atoms with van der Waals surface area (Å²) < 4.78 is 0. The van der Waals surface area contributed by atoms with E-state index in [0.717, 1.165) is 66.6 Å². The van der Waals surface area contributed by atoms with Gasteiger partial charge in [0.1, 0.15) is 5.69 Å². The van der Waals surface area contributed by atoms with E-state index < -0.39 is 0 Å². The molecule has 6 nitrogen and oxygen atoms in total. The molecule has 1 aliphatic carbocycles. The number of benzene rings is 1. The van der Waals surface area contributed by atoms with Crippen molar-refractivity contribution in [3.05, 3.63) is 41.1 Å². The number of nitrogens with zero attached hydrogens (tertiary/aromatic N) is 2. The number of H-pyrrole nitrogens is 2. The highest BCUT2D eigenvalue weighted by molar-refractivity contribution is 6.01. The molecule has 6 heteroatoms. The van der Waals surface area contributed by atoms with Gasteiger partial charge < -0.3 is 10.1 Å². The number of carbonyl (C=O) groups is 1. The van der Waals surface area contributed by atoms with Gasteiger partial charge >= 0.3 is 0 Å². The van der Waals surface area contributed by atoms with Crippen molar-refractivity contribution >= 4 is 16.7 Å². The monoisotopic (exact) mass is 406 g/mol. The summed E-state index contributed by atoms with van der Waals surface area (Å²) in [5.41, 5.74) is 6.68. The smallest absolute Gasteiger partial charge is 0.176 e. The third-order valence-electron chi connectivity index (χ3n) is 6.78. The third kappa shape index (κ3) is 3.70. The Balaban J connectivity index is 1.37. The molecule has 3 N–H and O–H groups in total. The summed E-state index contributed by atoms with van der Waals surface area (Å²) in [7, 11) is 0. The second-order valence-corrected chi connectivity index (χ2v) is 9.79. The minimum Gasteiger partial charge on any atom is -0.393 e. The molecule has 30 heavy (non-hydrogen) atoms. The van der Waals surface area contributed by atoms with Crippen LogP contribution in [-0.4, -0.2) is 56.7 Å². The number of aliphatic hydroxyl groups is 1. The van der Waals surface area contributed by atoms with Crippen LogP contribution in [0.5, 0.6) is 0 Å². The molecule has 0 amide bonds. The minimum absolute atomic E-state index is 0.135. The van der Waals surface area contributed by atoms with Gasteiger partial charge in [-0.15, -0.1) is 0 Å². The summed E-state index contributed by atoms with van der Waals surface area (Å²) in [6.07, 6.45) is 4.51. The second-order valence-electron chi connectivity index (χ2n) is 9.79. The van der Waals surface area contributed by atoms with Crippen molar-refractivity contribution in [3.63, 3.8) is 0 Å². The number of aromatic amines is 2. The van der Waals surface area contributed by atoms with Crippen molar-refractivity contribution in [2.24, 2.45) is 5.41 Å². The Labute approximate surface area is 176 Å². The number of nitrogens with one attached hydrogen (secondary N) is 2. The Morgan fingerprint density at radius 1 is 1.27 bits per heavy atom. The standard InChI is InChI=1S/C24H30N4O2/c1-24(2)8-5-18-21(13-24)26-27-23(18)20-12-16-11-15(3-4-19(16)25-20)22(30)14-28-9-6-17(29)7-10-28/h3-4,11-12,17,25,29H,5-10,13-14H2,1-2H3,(H,26,27). The van der Waals surface area contributed by atoms with Crippen LogP contribution < -0.4 is 0 Å². The molecule has 1 fully saturated rings. The van der Waals surface area contributed by atoms with E-state index in [0.29, 0.717) is 12.0 Å². The maximum atomic E-state index is 12.8. The van der Waals surface area contributed by atoms with Gasteiger partial charge in [0.2, 0.25) is 0 Å². The van der Waals surface area contributed by atoms with E-state index in [1.807, 2.05) is 18.2 Å². The molecule has 0 bridgehead atoms. The highest BCUT2D eigenvalue weighted by Gasteiger charge is 2.29. The molecule has 1 aromatic carbocycles. The van der Waals surface area contributed by atoms with E-state index in [1.165, 1.54) is 17.7 Å². The number of rotatable bonds is 4. The van der Waals surface area contributed by atoms with Crippen LogP contribution in [0.1, 0.15) is 54.7 Å². The van der Waals surface area contributed by atoms with Gasteiger partial charge in [-0.2, -0.15) is 5.10 Å². The molecule has 0 radical (unpaired) electrons. The van der Waals surface area contributed by atoms with Crippen LogP contribution in [0.3, 0.4) is 0 Å². The Morgan fingerprint density at radius 2 is 2.07 bits per heavy atom. The number of Topliss-reactive ketones (excluding diaryl/α,β-unsaturated/α-hetero) is 1. The topological polar surface area (TPSA) is 85.0 Å².